The van der Waals surface area contributed by atoms with Gasteiger partial charge in [0, 0.05) is 24.5 Å². The van der Waals surface area contributed by atoms with Crippen molar-refractivity contribution in [2.45, 2.75) is 26.8 Å². The molecule has 0 fully saturated rings. The number of aromatic nitrogens is 2. The van der Waals surface area contributed by atoms with E-state index in [-0.39, 0.29) is 0 Å². The Bertz CT molecular complexity index is 630. The van der Waals surface area contributed by atoms with E-state index in [1.807, 2.05) is 35.9 Å². The Kier molecular flexibility index (Phi) is 5.41. The topological polar surface area (TPSA) is 77.5 Å². The first-order valence-electron chi connectivity index (χ1n) is 7.30. The average molecular weight is 301 g/mol. The molecular formula is C16H23N5O. The maximum atomic E-state index is 5.87. The first-order valence-corrected chi connectivity index (χ1v) is 7.30. The molecule has 0 saturated carbocycles. The number of nitrogens with one attached hydrogen (secondary N) is 1. The van der Waals surface area contributed by atoms with E-state index < -0.39 is 0 Å². The fourth-order valence-electron chi connectivity index (χ4n) is 2.18. The van der Waals surface area contributed by atoms with Gasteiger partial charge in [0.25, 0.3) is 0 Å². The third-order valence-corrected chi connectivity index (χ3v) is 3.28. The Balaban J connectivity index is 1.78. The van der Waals surface area contributed by atoms with Crippen LogP contribution in [0.5, 0.6) is 5.75 Å². The molecule has 6 nitrogen and oxygen atoms in total. The van der Waals surface area contributed by atoms with Gasteiger partial charge in [0.2, 0.25) is 0 Å². The van der Waals surface area contributed by atoms with E-state index in [1.54, 1.807) is 7.11 Å². The molecule has 118 valence electrons. The molecule has 0 saturated heterocycles. The predicted octanol–water partition coefficient (Wildman–Crippen LogP) is 2.33. The summed E-state index contributed by atoms with van der Waals surface area (Å²) in [6.45, 7) is 5.56. The van der Waals surface area contributed by atoms with Crippen molar-refractivity contribution in [3.05, 3.63) is 41.7 Å². The van der Waals surface area contributed by atoms with Crippen LogP contribution in [0, 0.1) is 13.8 Å². The van der Waals surface area contributed by atoms with Crippen LogP contribution in [-0.4, -0.2) is 29.4 Å². The number of guanidine groups is 1. The molecule has 22 heavy (non-hydrogen) atoms. The van der Waals surface area contributed by atoms with Crippen LogP contribution >= 0.6 is 0 Å². The van der Waals surface area contributed by atoms with Gasteiger partial charge in [0.15, 0.2) is 5.96 Å². The van der Waals surface area contributed by atoms with Crippen molar-refractivity contribution in [2.24, 2.45) is 10.7 Å². The van der Waals surface area contributed by atoms with Gasteiger partial charge in [-0.25, -0.2) is 0 Å². The smallest absolute Gasteiger partial charge is 0.193 e. The summed E-state index contributed by atoms with van der Waals surface area (Å²) >= 11 is 0. The summed E-state index contributed by atoms with van der Waals surface area (Å²) in [6, 6.07) is 9.62. The fourth-order valence-corrected chi connectivity index (χ4v) is 2.18. The van der Waals surface area contributed by atoms with Crippen molar-refractivity contribution in [3.63, 3.8) is 0 Å². The molecule has 1 aromatic carbocycles. The average Bonchev–Trinajstić information content (AvgIpc) is 2.82. The molecule has 0 aliphatic rings. The summed E-state index contributed by atoms with van der Waals surface area (Å²) in [5, 5.41) is 7.48. The normalized spacial score (nSPS) is 11.5. The van der Waals surface area contributed by atoms with Crippen molar-refractivity contribution >= 4 is 11.6 Å². The number of hydrogen-bond donors (Lipinski definition) is 2. The third kappa shape index (κ3) is 4.51. The highest BCUT2D eigenvalue weighted by Crippen LogP contribution is 2.14. The predicted molar refractivity (Wildman–Crippen MR) is 89.4 cm³/mol. The molecule has 0 unspecified atom stereocenters. The summed E-state index contributed by atoms with van der Waals surface area (Å²) in [4.78, 5) is 4.32. The van der Waals surface area contributed by atoms with Gasteiger partial charge < -0.3 is 15.8 Å². The van der Waals surface area contributed by atoms with Gasteiger partial charge in [-0.3, -0.25) is 9.67 Å². The zero-order valence-corrected chi connectivity index (χ0v) is 13.3. The van der Waals surface area contributed by atoms with E-state index in [1.165, 1.54) is 5.69 Å². The summed E-state index contributed by atoms with van der Waals surface area (Å²) < 4.78 is 7.11. The second-order valence-electron chi connectivity index (χ2n) is 5.12. The molecule has 0 aliphatic heterocycles. The molecule has 0 aliphatic carbocycles. The van der Waals surface area contributed by atoms with Gasteiger partial charge in [-0.1, -0.05) is 0 Å². The number of ether oxygens (including phenoxy) is 1. The van der Waals surface area contributed by atoms with Gasteiger partial charge in [0.1, 0.15) is 5.75 Å². The molecule has 3 N–H and O–H groups in total. The van der Waals surface area contributed by atoms with E-state index in [0.29, 0.717) is 12.5 Å². The number of benzene rings is 1. The van der Waals surface area contributed by atoms with Crippen LogP contribution in [0.15, 0.2) is 35.3 Å². The standard InChI is InChI=1S/C16H23N5O/c1-12-11-13(2)21(20-12)10-4-9-18-16(17)19-14-5-7-15(22-3)8-6-14/h5-8,11H,4,9-10H2,1-3H3,(H3,17,18,19). The number of nitrogens with zero attached hydrogens (tertiary/aromatic N) is 3. The molecule has 0 radical (unpaired) electrons. The van der Waals surface area contributed by atoms with E-state index >= 15 is 0 Å². The highest BCUT2D eigenvalue weighted by atomic mass is 16.5. The first-order chi connectivity index (χ1) is 10.6. The lowest BCUT2D eigenvalue weighted by Gasteiger charge is -2.07. The highest BCUT2D eigenvalue weighted by molar-refractivity contribution is 5.92. The van der Waals surface area contributed by atoms with Gasteiger partial charge >= 0.3 is 0 Å². The second-order valence-corrected chi connectivity index (χ2v) is 5.12. The number of aryl methyl sites for hydroxylation is 3. The number of anilines is 1. The Morgan fingerprint density at radius 2 is 2.05 bits per heavy atom. The van der Waals surface area contributed by atoms with Gasteiger partial charge in [0.05, 0.1) is 12.8 Å². The van der Waals surface area contributed by atoms with Crippen molar-refractivity contribution in [3.8, 4) is 5.75 Å². The zero-order valence-electron chi connectivity index (χ0n) is 13.3. The summed E-state index contributed by atoms with van der Waals surface area (Å²) in [5.41, 5.74) is 8.98. The molecular weight excluding hydrogens is 278 g/mol. The first kappa shape index (κ1) is 15.9. The number of rotatable bonds is 6. The molecule has 0 atom stereocenters. The summed E-state index contributed by atoms with van der Waals surface area (Å²) in [5.74, 6) is 1.23. The lowest BCUT2D eigenvalue weighted by molar-refractivity contribution is 0.415. The van der Waals surface area contributed by atoms with Gasteiger partial charge in [-0.2, -0.15) is 5.10 Å². The van der Waals surface area contributed by atoms with Crippen LogP contribution < -0.4 is 15.8 Å². The molecule has 1 aromatic heterocycles. The summed E-state index contributed by atoms with van der Waals surface area (Å²) in [7, 11) is 1.64. The molecule has 6 heteroatoms. The summed E-state index contributed by atoms with van der Waals surface area (Å²) in [6.07, 6.45) is 0.896. The van der Waals surface area contributed by atoms with E-state index in [9.17, 15) is 0 Å². The Labute approximate surface area is 131 Å². The third-order valence-electron chi connectivity index (χ3n) is 3.28. The lowest BCUT2D eigenvalue weighted by Crippen LogP contribution is -2.23. The molecule has 0 bridgehead atoms. The van der Waals surface area contributed by atoms with Crippen molar-refractivity contribution in [1.29, 1.82) is 0 Å². The van der Waals surface area contributed by atoms with Crippen molar-refractivity contribution in [2.75, 3.05) is 19.0 Å². The minimum Gasteiger partial charge on any atom is -0.497 e. The Hall–Kier alpha value is -2.50. The largest absolute Gasteiger partial charge is 0.497 e. The monoisotopic (exact) mass is 301 g/mol. The van der Waals surface area contributed by atoms with E-state index in [2.05, 4.69) is 28.4 Å². The molecule has 2 rings (SSSR count). The van der Waals surface area contributed by atoms with Crippen LogP contribution in [0.4, 0.5) is 5.69 Å². The van der Waals surface area contributed by atoms with E-state index in [0.717, 1.165) is 30.1 Å². The van der Waals surface area contributed by atoms with Crippen LogP contribution in [-0.2, 0) is 6.54 Å². The van der Waals surface area contributed by atoms with Crippen LogP contribution in [0.3, 0.4) is 0 Å². The molecule has 0 amide bonds. The Morgan fingerprint density at radius 1 is 1.32 bits per heavy atom. The number of nitrogens with two attached hydrogens (primary N) is 1. The lowest BCUT2D eigenvalue weighted by atomic mass is 10.3. The van der Waals surface area contributed by atoms with Gasteiger partial charge in [-0.05, 0) is 50.6 Å². The highest BCUT2D eigenvalue weighted by Gasteiger charge is 2.00. The van der Waals surface area contributed by atoms with Crippen molar-refractivity contribution in [1.82, 2.24) is 9.78 Å². The number of hydrogen-bond acceptors (Lipinski definition) is 3. The minimum atomic E-state index is 0.415. The molecule has 2 aromatic rings. The fraction of sp³-hybridized carbons (Fsp3) is 0.375. The minimum absolute atomic E-state index is 0.415. The van der Waals surface area contributed by atoms with Gasteiger partial charge in [-0.15, -0.1) is 0 Å². The Morgan fingerprint density at radius 3 is 2.64 bits per heavy atom. The zero-order chi connectivity index (χ0) is 15.9. The number of methoxy groups -OCH3 is 1. The SMILES string of the molecule is COc1ccc(NC(N)=NCCCn2nc(C)cc2C)cc1. The maximum absolute atomic E-state index is 5.87. The van der Waals surface area contributed by atoms with Crippen LogP contribution in [0.25, 0.3) is 0 Å². The molecule has 1 heterocycles. The van der Waals surface area contributed by atoms with Crippen molar-refractivity contribution < 1.29 is 4.74 Å². The quantitative estimate of drug-likeness (QED) is 0.488. The van der Waals surface area contributed by atoms with Crippen LogP contribution in [0.1, 0.15) is 17.8 Å². The maximum Gasteiger partial charge on any atom is 0.193 e. The van der Waals surface area contributed by atoms with E-state index in [4.69, 9.17) is 10.5 Å². The number of aliphatic imine (C=N–C) groups is 1. The molecule has 0 spiro atoms. The second kappa shape index (κ2) is 7.49. The van der Waals surface area contributed by atoms with Crippen LogP contribution in [0.2, 0.25) is 0 Å².